The number of morpholine rings is 1. The molecule has 1 saturated heterocycles. The van der Waals surface area contributed by atoms with Gasteiger partial charge in [-0.15, -0.1) is 0 Å². The van der Waals surface area contributed by atoms with Crippen LogP contribution in [0.15, 0.2) is 0 Å². The van der Waals surface area contributed by atoms with Gasteiger partial charge in [0.25, 0.3) is 0 Å². The molecular weight excluding hydrogens is 204 g/mol. The number of nitrogens with one attached hydrogen (secondary N) is 1. The van der Waals surface area contributed by atoms with Crippen LogP contribution in [-0.4, -0.2) is 49.7 Å². The summed E-state index contributed by atoms with van der Waals surface area (Å²) >= 11 is 0. The van der Waals surface area contributed by atoms with Crippen molar-refractivity contribution in [3.63, 3.8) is 0 Å². The minimum atomic E-state index is 0.188. The average molecular weight is 226 g/mol. The van der Waals surface area contributed by atoms with Gasteiger partial charge in [0.1, 0.15) is 6.61 Å². The van der Waals surface area contributed by atoms with Gasteiger partial charge in [0.2, 0.25) is 5.91 Å². The lowest BCUT2D eigenvalue weighted by atomic mass is 10.1. The topological polar surface area (TPSA) is 41.6 Å². The summed E-state index contributed by atoms with van der Waals surface area (Å²) in [6.07, 6.45) is 6.14. The number of ether oxygens (including phenoxy) is 1. The summed E-state index contributed by atoms with van der Waals surface area (Å²) in [5, 5.41) is 3.13. The highest BCUT2D eigenvalue weighted by Gasteiger charge is 2.32. The summed E-state index contributed by atoms with van der Waals surface area (Å²) in [7, 11) is 1.95. The molecule has 16 heavy (non-hydrogen) atoms. The molecule has 0 radical (unpaired) electrons. The lowest BCUT2D eigenvalue weighted by Crippen LogP contribution is -2.51. The first-order chi connectivity index (χ1) is 7.81. The molecule has 0 bridgehead atoms. The Morgan fingerprint density at radius 3 is 2.88 bits per heavy atom. The van der Waals surface area contributed by atoms with Gasteiger partial charge in [0.05, 0.1) is 6.10 Å². The number of carbonyl (C=O) groups excluding carboxylic acids is 1. The van der Waals surface area contributed by atoms with Gasteiger partial charge >= 0.3 is 0 Å². The maximum absolute atomic E-state index is 11.8. The first-order valence-electron chi connectivity index (χ1n) is 6.37. The Hall–Kier alpha value is -0.610. The van der Waals surface area contributed by atoms with Crippen LogP contribution in [0.3, 0.4) is 0 Å². The van der Waals surface area contributed by atoms with E-state index in [0.717, 1.165) is 19.5 Å². The maximum Gasteiger partial charge on any atom is 0.248 e. The summed E-state index contributed by atoms with van der Waals surface area (Å²) in [4.78, 5) is 13.9. The predicted molar refractivity (Wildman–Crippen MR) is 62.3 cm³/mol. The molecular formula is C12H22N2O2. The van der Waals surface area contributed by atoms with E-state index in [9.17, 15) is 4.79 Å². The van der Waals surface area contributed by atoms with Crippen molar-refractivity contribution in [2.45, 2.75) is 44.2 Å². The number of hydrogen-bond donors (Lipinski definition) is 1. The molecule has 1 unspecified atom stereocenters. The molecule has 1 atom stereocenters. The van der Waals surface area contributed by atoms with Crippen LogP contribution in [0.5, 0.6) is 0 Å². The van der Waals surface area contributed by atoms with E-state index < -0.39 is 0 Å². The molecule has 1 heterocycles. The van der Waals surface area contributed by atoms with Crippen molar-refractivity contribution in [2.75, 3.05) is 26.7 Å². The molecule has 2 aliphatic rings. The highest BCUT2D eigenvalue weighted by Crippen LogP contribution is 2.25. The van der Waals surface area contributed by atoms with Crippen molar-refractivity contribution in [1.82, 2.24) is 10.2 Å². The monoisotopic (exact) mass is 226 g/mol. The molecule has 0 aromatic heterocycles. The summed E-state index contributed by atoms with van der Waals surface area (Å²) in [5.41, 5.74) is 0. The molecule has 1 N–H and O–H groups in total. The molecule has 1 amide bonds. The molecule has 4 nitrogen and oxygen atoms in total. The second-order valence-electron chi connectivity index (χ2n) is 4.81. The van der Waals surface area contributed by atoms with Crippen LogP contribution in [0.1, 0.15) is 32.1 Å². The van der Waals surface area contributed by atoms with E-state index in [1.807, 2.05) is 7.05 Å². The van der Waals surface area contributed by atoms with Crippen LogP contribution < -0.4 is 5.32 Å². The quantitative estimate of drug-likeness (QED) is 0.769. The minimum Gasteiger partial charge on any atom is -0.367 e. The van der Waals surface area contributed by atoms with E-state index >= 15 is 0 Å². The predicted octanol–water partition coefficient (Wildman–Crippen LogP) is 0.766. The van der Waals surface area contributed by atoms with Crippen LogP contribution in [0.25, 0.3) is 0 Å². The van der Waals surface area contributed by atoms with Crippen LogP contribution in [0.2, 0.25) is 0 Å². The zero-order chi connectivity index (χ0) is 11.4. The van der Waals surface area contributed by atoms with Crippen LogP contribution in [0.4, 0.5) is 0 Å². The third-order valence-electron chi connectivity index (χ3n) is 3.64. The summed E-state index contributed by atoms with van der Waals surface area (Å²) in [5.74, 6) is 0.188. The molecule has 1 aliphatic heterocycles. The fourth-order valence-electron chi connectivity index (χ4n) is 2.69. The van der Waals surface area contributed by atoms with Crippen LogP contribution in [-0.2, 0) is 9.53 Å². The van der Waals surface area contributed by atoms with Crippen molar-refractivity contribution in [3.05, 3.63) is 0 Å². The molecule has 92 valence electrons. The van der Waals surface area contributed by atoms with Crippen molar-refractivity contribution in [2.24, 2.45) is 0 Å². The third-order valence-corrected chi connectivity index (χ3v) is 3.64. The van der Waals surface area contributed by atoms with Gasteiger partial charge in [0.15, 0.2) is 0 Å². The summed E-state index contributed by atoms with van der Waals surface area (Å²) < 4.78 is 5.55. The fraction of sp³-hybridized carbons (Fsp3) is 0.917. The first-order valence-corrected chi connectivity index (χ1v) is 6.37. The molecule has 0 aromatic carbocycles. The van der Waals surface area contributed by atoms with Gasteiger partial charge < -0.3 is 15.0 Å². The number of amides is 1. The van der Waals surface area contributed by atoms with Crippen LogP contribution in [0, 0.1) is 0 Å². The summed E-state index contributed by atoms with van der Waals surface area (Å²) in [6.45, 7) is 2.04. The van der Waals surface area contributed by atoms with Gasteiger partial charge in [-0.2, -0.15) is 0 Å². The Morgan fingerprint density at radius 1 is 1.44 bits per heavy atom. The fourth-order valence-corrected chi connectivity index (χ4v) is 2.69. The van der Waals surface area contributed by atoms with E-state index in [1.165, 1.54) is 25.7 Å². The summed E-state index contributed by atoms with van der Waals surface area (Å²) in [6, 6.07) is 0.494. The van der Waals surface area contributed by atoms with Gasteiger partial charge in [-0.05, 0) is 32.9 Å². The highest BCUT2D eigenvalue weighted by atomic mass is 16.5. The standard InChI is InChI=1S/C12H22N2O2/c1-13-7-6-11-8-14(12(15)9-16-11)10-4-2-3-5-10/h10-11,13H,2-9H2,1H3. The first kappa shape index (κ1) is 11.9. The Bertz CT molecular complexity index is 239. The molecule has 0 aromatic rings. The molecule has 1 aliphatic carbocycles. The highest BCUT2D eigenvalue weighted by molar-refractivity contribution is 5.78. The van der Waals surface area contributed by atoms with E-state index in [0.29, 0.717) is 6.04 Å². The number of rotatable bonds is 4. The van der Waals surface area contributed by atoms with Crippen molar-refractivity contribution in [1.29, 1.82) is 0 Å². The van der Waals surface area contributed by atoms with Gasteiger partial charge in [0, 0.05) is 12.6 Å². The number of carbonyl (C=O) groups is 1. The second-order valence-corrected chi connectivity index (χ2v) is 4.81. The Balaban J connectivity index is 1.86. The van der Waals surface area contributed by atoms with Gasteiger partial charge in [-0.3, -0.25) is 4.79 Å². The van der Waals surface area contributed by atoms with Crippen LogP contribution >= 0.6 is 0 Å². The van der Waals surface area contributed by atoms with Crippen molar-refractivity contribution >= 4 is 5.91 Å². The third kappa shape index (κ3) is 2.74. The van der Waals surface area contributed by atoms with E-state index in [4.69, 9.17) is 4.74 Å². The Morgan fingerprint density at radius 2 is 2.19 bits per heavy atom. The Kier molecular flexibility index (Phi) is 4.18. The number of nitrogens with zero attached hydrogens (tertiary/aromatic N) is 1. The smallest absolute Gasteiger partial charge is 0.248 e. The molecule has 2 rings (SSSR count). The zero-order valence-electron chi connectivity index (χ0n) is 10.1. The molecule has 0 spiro atoms. The lowest BCUT2D eigenvalue weighted by molar-refractivity contribution is -0.152. The van der Waals surface area contributed by atoms with Crippen molar-refractivity contribution in [3.8, 4) is 0 Å². The maximum atomic E-state index is 11.8. The van der Waals surface area contributed by atoms with E-state index in [2.05, 4.69) is 10.2 Å². The van der Waals surface area contributed by atoms with Gasteiger partial charge in [-0.25, -0.2) is 0 Å². The van der Waals surface area contributed by atoms with Gasteiger partial charge in [-0.1, -0.05) is 12.8 Å². The number of hydrogen-bond acceptors (Lipinski definition) is 3. The Labute approximate surface area is 97.3 Å². The largest absolute Gasteiger partial charge is 0.367 e. The lowest BCUT2D eigenvalue weighted by Gasteiger charge is -2.36. The minimum absolute atomic E-state index is 0.188. The molecule has 1 saturated carbocycles. The van der Waals surface area contributed by atoms with E-state index in [-0.39, 0.29) is 18.6 Å². The SMILES string of the molecule is CNCCC1CN(C2CCCC2)C(=O)CO1. The second kappa shape index (κ2) is 5.64. The van der Waals surface area contributed by atoms with E-state index in [1.54, 1.807) is 0 Å². The van der Waals surface area contributed by atoms with Crippen molar-refractivity contribution < 1.29 is 9.53 Å². The zero-order valence-corrected chi connectivity index (χ0v) is 10.1. The molecule has 4 heteroatoms. The normalized spacial score (nSPS) is 27.7. The molecule has 2 fully saturated rings. The average Bonchev–Trinajstić information content (AvgIpc) is 2.81.